The minimum absolute atomic E-state index is 0.133. The Bertz CT molecular complexity index is 954. The molecular weight excluding hydrogens is 326 g/mol. The van der Waals surface area contributed by atoms with E-state index in [2.05, 4.69) is 29.1 Å². The number of fused-ring (bicyclic) bond motifs is 1. The minimum atomic E-state index is 0.133. The fourth-order valence-corrected chi connectivity index (χ4v) is 3.88. The van der Waals surface area contributed by atoms with Crippen molar-refractivity contribution in [3.05, 3.63) is 47.0 Å². The lowest BCUT2D eigenvalue weighted by molar-refractivity contribution is -0.133. The number of piperidine rings is 1. The average Bonchev–Trinajstić information content (AvgIpc) is 3.19. The molecule has 1 amide bonds. The number of aromatic nitrogens is 4. The van der Waals surface area contributed by atoms with Crippen molar-refractivity contribution < 1.29 is 4.79 Å². The van der Waals surface area contributed by atoms with Gasteiger partial charge < -0.3 is 9.88 Å². The molecule has 0 spiro atoms. The first kappa shape index (κ1) is 16.8. The summed E-state index contributed by atoms with van der Waals surface area (Å²) >= 11 is 0. The van der Waals surface area contributed by atoms with E-state index >= 15 is 0 Å². The summed E-state index contributed by atoms with van der Waals surface area (Å²) in [4.78, 5) is 23.0. The second-order valence-electron chi connectivity index (χ2n) is 7.36. The molecule has 0 radical (unpaired) electrons. The number of para-hydroxylation sites is 1. The second-order valence-corrected chi connectivity index (χ2v) is 7.36. The number of aromatic amines is 1. The zero-order chi connectivity index (χ0) is 18.3. The first-order valence-corrected chi connectivity index (χ1v) is 9.25. The van der Waals surface area contributed by atoms with E-state index in [1.807, 2.05) is 30.9 Å². The average molecular weight is 351 g/mol. The molecule has 0 bridgehead atoms. The molecule has 136 valence electrons. The van der Waals surface area contributed by atoms with Crippen molar-refractivity contribution in [2.45, 2.75) is 46.1 Å². The van der Waals surface area contributed by atoms with Gasteiger partial charge in [0, 0.05) is 24.7 Å². The van der Waals surface area contributed by atoms with Crippen LogP contribution in [0, 0.1) is 20.8 Å². The van der Waals surface area contributed by atoms with Gasteiger partial charge in [-0.1, -0.05) is 12.1 Å². The number of aryl methyl sites for hydroxylation is 3. The van der Waals surface area contributed by atoms with Crippen LogP contribution in [-0.2, 0) is 11.3 Å². The molecule has 26 heavy (non-hydrogen) atoms. The van der Waals surface area contributed by atoms with Gasteiger partial charge in [0.25, 0.3) is 0 Å². The molecule has 1 aliphatic rings. The van der Waals surface area contributed by atoms with Crippen LogP contribution in [0.2, 0.25) is 0 Å². The van der Waals surface area contributed by atoms with Gasteiger partial charge in [-0.15, -0.1) is 0 Å². The van der Waals surface area contributed by atoms with Crippen LogP contribution in [0.25, 0.3) is 11.0 Å². The van der Waals surface area contributed by atoms with E-state index in [9.17, 15) is 4.79 Å². The molecule has 0 unspecified atom stereocenters. The van der Waals surface area contributed by atoms with Gasteiger partial charge in [-0.3, -0.25) is 9.48 Å². The third-order valence-corrected chi connectivity index (χ3v) is 5.28. The number of rotatable bonds is 3. The van der Waals surface area contributed by atoms with E-state index in [1.165, 1.54) is 5.56 Å². The smallest absolute Gasteiger partial charge is 0.244 e. The highest BCUT2D eigenvalue weighted by Gasteiger charge is 2.27. The van der Waals surface area contributed by atoms with Crippen molar-refractivity contribution >= 4 is 16.9 Å². The Kier molecular flexibility index (Phi) is 4.26. The largest absolute Gasteiger partial charge is 0.342 e. The van der Waals surface area contributed by atoms with Crippen LogP contribution in [0.5, 0.6) is 0 Å². The van der Waals surface area contributed by atoms with E-state index in [0.717, 1.165) is 54.2 Å². The van der Waals surface area contributed by atoms with Crippen LogP contribution >= 0.6 is 0 Å². The number of nitrogens with one attached hydrogen (secondary N) is 1. The molecule has 3 heterocycles. The zero-order valence-corrected chi connectivity index (χ0v) is 15.6. The molecule has 1 saturated heterocycles. The molecule has 0 aliphatic carbocycles. The molecule has 1 fully saturated rings. The predicted octanol–water partition coefficient (Wildman–Crippen LogP) is 3.09. The molecule has 0 saturated carbocycles. The zero-order valence-electron chi connectivity index (χ0n) is 15.6. The fraction of sp³-hybridized carbons (Fsp3) is 0.450. The Morgan fingerprint density at radius 2 is 2.15 bits per heavy atom. The molecule has 6 nitrogen and oxygen atoms in total. The number of likely N-dealkylation sites (tertiary alicyclic amines) is 1. The number of hydrogen-bond donors (Lipinski definition) is 1. The number of amides is 1. The number of imidazole rings is 1. The van der Waals surface area contributed by atoms with Crippen molar-refractivity contribution in [2.75, 3.05) is 13.1 Å². The standard InChI is InChI=1S/C20H25N5O/c1-13-6-4-8-17-19(13)22-20(21-17)16-7-5-9-24(11-16)18(26)12-25-15(3)10-14(2)23-25/h4,6,8,10,16H,5,7,9,11-12H2,1-3H3,(H,21,22)/t16-/m0/s1. The highest BCUT2D eigenvalue weighted by atomic mass is 16.2. The van der Waals surface area contributed by atoms with Crippen molar-refractivity contribution in [2.24, 2.45) is 0 Å². The SMILES string of the molecule is Cc1cc(C)n(CC(=O)N2CCC[C@H](c3nc4c(C)cccc4[nH]3)C2)n1. The minimum Gasteiger partial charge on any atom is -0.342 e. The molecule has 3 aromatic rings. The Hall–Kier alpha value is -2.63. The van der Waals surface area contributed by atoms with Crippen LogP contribution < -0.4 is 0 Å². The number of hydrogen-bond acceptors (Lipinski definition) is 3. The lowest BCUT2D eigenvalue weighted by Crippen LogP contribution is -2.41. The van der Waals surface area contributed by atoms with Crippen LogP contribution in [0.4, 0.5) is 0 Å². The molecule has 1 atom stereocenters. The molecule has 4 rings (SSSR count). The van der Waals surface area contributed by atoms with Gasteiger partial charge in [-0.25, -0.2) is 4.98 Å². The maximum Gasteiger partial charge on any atom is 0.244 e. The van der Waals surface area contributed by atoms with Crippen molar-refractivity contribution in [3.63, 3.8) is 0 Å². The Balaban J connectivity index is 1.50. The number of benzene rings is 1. The summed E-state index contributed by atoms with van der Waals surface area (Å²) < 4.78 is 1.80. The van der Waals surface area contributed by atoms with Crippen molar-refractivity contribution in [3.8, 4) is 0 Å². The van der Waals surface area contributed by atoms with Gasteiger partial charge in [-0.05, 0) is 51.3 Å². The molecular formula is C20H25N5O. The van der Waals surface area contributed by atoms with E-state index in [0.29, 0.717) is 6.54 Å². The fourth-order valence-electron chi connectivity index (χ4n) is 3.88. The summed E-state index contributed by atoms with van der Waals surface area (Å²) in [6.07, 6.45) is 2.06. The number of H-pyrrole nitrogens is 1. The first-order chi connectivity index (χ1) is 12.5. The summed E-state index contributed by atoms with van der Waals surface area (Å²) in [7, 11) is 0. The van der Waals surface area contributed by atoms with E-state index < -0.39 is 0 Å². The summed E-state index contributed by atoms with van der Waals surface area (Å²) in [5.41, 5.74) is 5.26. The van der Waals surface area contributed by atoms with Gasteiger partial charge in [0.1, 0.15) is 12.4 Å². The first-order valence-electron chi connectivity index (χ1n) is 9.25. The predicted molar refractivity (Wildman–Crippen MR) is 101 cm³/mol. The Morgan fingerprint density at radius 1 is 1.31 bits per heavy atom. The van der Waals surface area contributed by atoms with E-state index in [1.54, 1.807) is 4.68 Å². The molecule has 1 aliphatic heterocycles. The molecule has 2 aromatic heterocycles. The van der Waals surface area contributed by atoms with Gasteiger partial charge in [0.05, 0.1) is 16.7 Å². The maximum atomic E-state index is 12.8. The number of carbonyl (C=O) groups excluding carboxylic acids is 1. The monoisotopic (exact) mass is 351 g/mol. The highest BCUT2D eigenvalue weighted by molar-refractivity contribution is 5.79. The van der Waals surface area contributed by atoms with Gasteiger partial charge >= 0.3 is 0 Å². The molecule has 1 aromatic carbocycles. The Labute approximate surface area is 153 Å². The topological polar surface area (TPSA) is 66.8 Å². The summed E-state index contributed by atoms with van der Waals surface area (Å²) in [5, 5.41) is 4.41. The van der Waals surface area contributed by atoms with Crippen molar-refractivity contribution in [1.82, 2.24) is 24.6 Å². The van der Waals surface area contributed by atoms with Gasteiger partial charge in [0.2, 0.25) is 5.91 Å². The number of carbonyl (C=O) groups is 1. The maximum absolute atomic E-state index is 12.8. The lowest BCUT2D eigenvalue weighted by atomic mass is 9.97. The normalized spacial score (nSPS) is 17.8. The van der Waals surface area contributed by atoms with Crippen LogP contribution in [0.1, 0.15) is 41.5 Å². The number of nitrogens with zero attached hydrogens (tertiary/aromatic N) is 4. The molecule has 6 heteroatoms. The van der Waals surface area contributed by atoms with Crippen molar-refractivity contribution in [1.29, 1.82) is 0 Å². The van der Waals surface area contributed by atoms with Gasteiger partial charge in [-0.2, -0.15) is 5.10 Å². The third kappa shape index (κ3) is 3.11. The van der Waals surface area contributed by atoms with Crippen LogP contribution in [-0.4, -0.2) is 43.6 Å². The quantitative estimate of drug-likeness (QED) is 0.788. The van der Waals surface area contributed by atoms with E-state index in [-0.39, 0.29) is 11.8 Å². The van der Waals surface area contributed by atoms with Gasteiger partial charge in [0.15, 0.2) is 0 Å². The third-order valence-electron chi connectivity index (χ3n) is 5.28. The van der Waals surface area contributed by atoms with Crippen LogP contribution in [0.3, 0.4) is 0 Å². The molecule has 1 N–H and O–H groups in total. The van der Waals surface area contributed by atoms with Crippen LogP contribution in [0.15, 0.2) is 24.3 Å². The summed E-state index contributed by atoms with van der Waals surface area (Å²) in [6.45, 7) is 7.87. The Morgan fingerprint density at radius 3 is 2.88 bits per heavy atom. The second kappa shape index (κ2) is 6.59. The summed E-state index contributed by atoms with van der Waals surface area (Å²) in [6, 6.07) is 8.19. The van der Waals surface area contributed by atoms with E-state index in [4.69, 9.17) is 4.98 Å². The lowest BCUT2D eigenvalue weighted by Gasteiger charge is -2.32. The highest BCUT2D eigenvalue weighted by Crippen LogP contribution is 2.27. The summed E-state index contributed by atoms with van der Waals surface area (Å²) in [5.74, 6) is 1.39.